The van der Waals surface area contributed by atoms with E-state index >= 15 is 0 Å². The number of ketones is 1. The Labute approximate surface area is 330 Å². The molecule has 1 aliphatic heterocycles. The fourth-order valence-corrected chi connectivity index (χ4v) is 6.43. The molecular weight excluding hydrogens is 727 g/mol. The van der Waals surface area contributed by atoms with E-state index in [0.717, 1.165) is 22.3 Å². The predicted molar refractivity (Wildman–Crippen MR) is 208 cm³/mol. The number of carbonyl (C=O) groups excluding carboxylic acids is 1. The molecule has 0 saturated carbocycles. The minimum Gasteiger partial charge on any atom is -0.475 e. The maximum absolute atomic E-state index is 11.9. The fraction of sp³-hybridized carbons (Fsp3) is 0.244. The standard InChI is InChI=1S/C45H43N3O9/c49-40(44(50)51)36-21-23-38(24-22-36)48-25-37(46-47-48)30-56-45-43(55-29-35-19-11-4-12-20-35)42(54-28-34-17-9-3-10-18-34)41(53-27-33-15-7-2-8-16-33)39(57-45)31-52-26-32-13-5-1-6-14-32/h1-25,39,41-43,45H,26-31H2,(H,50,51)/t39-,41-,42+,43-,45-/m1/s1. The molecule has 12 nitrogen and oxygen atoms in total. The first-order valence-corrected chi connectivity index (χ1v) is 18.6. The average Bonchev–Trinajstić information content (AvgIpc) is 3.74. The molecular formula is C45H43N3O9. The van der Waals surface area contributed by atoms with E-state index in [1.807, 2.05) is 121 Å². The van der Waals surface area contributed by atoms with Crippen molar-refractivity contribution in [3.8, 4) is 5.69 Å². The number of carboxylic acids is 1. The van der Waals surface area contributed by atoms with Crippen molar-refractivity contribution in [3.05, 3.63) is 185 Å². The van der Waals surface area contributed by atoms with E-state index in [0.29, 0.717) is 24.6 Å². The third-order valence-electron chi connectivity index (χ3n) is 9.37. The van der Waals surface area contributed by atoms with Crippen molar-refractivity contribution in [1.29, 1.82) is 0 Å². The van der Waals surface area contributed by atoms with Gasteiger partial charge in [-0.3, -0.25) is 4.79 Å². The Morgan fingerprint density at radius 1 is 0.579 bits per heavy atom. The minimum absolute atomic E-state index is 0.00395. The smallest absolute Gasteiger partial charge is 0.377 e. The van der Waals surface area contributed by atoms with E-state index in [1.54, 1.807) is 18.3 Å². The molecule has 0 radical (unpaired) electrons. The van der Waals surface area contributed by atoms with Crippen molar-refractivity contribution in [2.24, 2.45) is 0 Å². The van der Waals surface area contributed by atoms with Gasteiger partial charge in [0.05, 0.1) is 51.5 Å². The highest BCUT2D eigenvalue weighted by molar-refractivity contribution is 6.39. The van der Waals surface area contributed by atoms with Crippen molar-refractivity contribution in [2.75, 3.05) is 6.61 Å². The van der Waals surface area contributed by atoms with Gasteiger partial charge in [0.15, 0.2) is 6.29 Å². The summed E-state index contributed by atoms with van der Waals surface area (Å²) >= 11 is 0. The van der Waals surface area contributed by atoms with Crippen LogP contribution in [0.3, 0.4) is 0 Å². The number of benzene rings is 5. The summed E-state index contributed by atoms with van der Waals surface area (Å²) < 4.78 is 41.3. The summed E-state index contributed by atoms with van der Waals surface area (Å²) in [5.41, 5.74) is 5.10. The molecule has 292 valence electrons. The molecule has 0 amide bonds. The zero-order valence-electron chi connectivity index (χ0n) is 31.1. The maximum Gasteiger partial charge on any atom is 0.377 e. The number of nitrogens with zero attached hydrogens (tertiary/aromatic N) is 3. The number of rotatable bonds is 19. The highest BCUT2D eigenvalue weighted by Gasteiger charge is 2.49. The lowest BCUT2D eigenvalue weighted by atomic mass is 9.97. The molecule has 5 aromatic carbocycles. The summed E-state index contributed by atoms with van der Waals surface area (Å²) in [4.78, 5) is 23.0. The lowest BCUT2D eigenvalue weighted by Gasteiger charge is -2.45. The number of aliphatic carboxylic acids is 1. The van der Waals surface area contributed by atoms with Crippen molar-refractivity contribution in [3.63, 3.8) is 0 Å². The Morgan fingerprint density at radius 3 is 1.60 bits per heavy atom. The average molecular weight is 770 g/mol. The Bertz CT molecular complexity index is 2140. The molecule has 6 aromatic rings. The van der Waals surface area contributed by atoms with E-state index in [-0.39, 0.29) is 32.0 Å². The van der Waals surface area contributed by atoms with Crippen molar-refractivity contribution in [1.82, 2.24) is 15.0 Å². The second-order valence-electron chi connectivity index (χ2n) is 13.5. The molecule has 12 heteroatoms. The first-order chi connectivity index (χ1) is 28.0. The zero-order chi connectivity index (χ0) is 39.2. The highest BCUT2D eigenvalue weighted by atomic mass is 16.7. The van der Waals surface area contributed by atoms with Gasteiger partial charge in [-0.1, -0.05) is 127 Å². The Kier molecular flexibility index (Phi) is 13.7. The number of aromatic nitrogens is 3. The van der Waals surface area contributed by atoms with Crippen molar-refractivity contribution >= 4 is 11.8 Å². The zero-order valence-corrected chi connectivity index (χ0v) is 31.1. The van der Waals surface area contributed by atoms with Crippen LogP contribution < -0.4 is 0 Å². The van der Waals surface area contributed by atoms with Gasteiger partial charge < -0.3 is 33.5 Å². The van der Waals surface area contributed by atoms with Gasteiger partial charge in [-0.05, 0) is 46.5 Å². The van der Waals surface area contributed by atoms with Crippen LogP contribution in [0.15, 0.2) is 152 Å². The second-order valence-corrected chi connectivity index (χ2v) is 13.5. The van der Waals surface area contributed by atoms with Gasteiger partial charge in [-0.25, -0.2) is 9.48 Å². The van der Waals surface area contributed by atoms with Crippen LogP contribution in [-0.4, -0.2) is 69.2 Å². The number of hydrogen-bond acceptors (Lipinski definition) is 10. The first-order valence-electron chi connectivity index (χ1n) is 18.6. The molecule has 2 heterocycles. The summed E-state index contributed by atoms with van der Waals surface area (Å²) in [6.07, 6.45) is -1.92. The predicted octanol–water partition coefficient (Wildman–Crippen LogP) is 6.75. The Balaban J connectivity index is 1.16. The van der Waals surface area contributed by atoms with Crippen molar-refractivity contribution < 1.29 is 43.1 Å². The van der Waals surface area contributed by atoms with Crippen LogP contribution in [0.5, 0.6) is 0 Å². The SMILES string of the molecule is O=C(O)C(=O)c1ccc(-n2cc(CO[C@@H]3O[C@H](COCc4ccccc4)[C@@H](OCc4ccccc4)[C@H](OCc4ccccc4)[C@H]3OCc3ccccc3)nn2)cc1. The fourth-order valence-electron chi connectivity index (χ4n) is 6.43. The van der Waals surface area contributed by atoms with Gasteiger partial charge in [0, 0.05) is 5.56 Å². The lowest BCUT2D eigenvalue weighted by molar-refractivity contribution is -0.331. The number of carboxylic acid groups (broad SMARTS) is 1. The number of ether oxygens (including phenoxy) is 6. The minimum atomic E-state index is -1.52. The van der Waals surface area contributed by atoms with E-state index in [2.05, 4.69) is 10.3 Å². The summed E-state index contributed by atoms with van der Waals surface area (Å²) in [6.45, 7) is 1.41. The number of Topliss-reactive ketones (excluding diaryl/α,β-unsaturated/α-hetero) is 1. The summed E-state index contributed by atoms with van der Waals surface area (Å²) in [5.74, 6) is -2.51. The molecule has 0 unspecified atom stereocenters. The third kappa shape index (κ3) is 10.9. The van der Waals surface area contributed by atoms with E-state index in [4.69, 9.17) is 33.5 Å². The van der Waals surface area contributed by atoms with Gasteiger partial charge in [0.1, 0.15) is 30.1 Å². The molecule has 7 rings (SSSR count). The maximum atomic E-state index is 11.9. The highest BCUT2D eigenvalue weighted by Crippen LogP contribution is 2.32. The van der Waals surface area contributed by atoms with Gasteiger partial charge in [0.2, 0.25) is 0 Å². The third-order valence-corrected chi connectivity index (χ3v) is 9.37. The van der Waals surface area contributed by atoms with Crippen LogP contribution >= 0.6 is 0 Å². The van der Waals surface area contributed by atoms with Crippen LogP contribution in [0.2, 0.25) is 0 Å². The van der Waals surface area contributed by atoms with E-state index in [9.17, 15) is 9.59 Å². The van der Waals surface area contributed by atoms with E-state index < -0.39 is 42.5 Å². The molecule has 0 aliphatic carbocycles. The van der Waals surface area contributed by atoms with Gasteiger partial charge >= 0.3 is 5.97 Å². The second kappa shape index (κ2) is 19.8. The van der Waals surface area contributed by atoms with Gasteiger partial charge in [-0.15, -0.1) is 5.10 Å². The molecule has 1 fully saturated rings. The molecule has 57 heavy (non-hydrogen) atoms. The summed E-state index contributed by atoms with van der Waals surface area (Å²) in [7, 11) is 0. The molecule has 1 N–H and O–H groups in total. The van der Waals surface area contributed by atoms with Crippen LogP contribution in [0.25, 0.3) is 5.69 Å². The van der Waals surface area contributed by atoms with Crippen LogP contribution in [0.1, 0.15) is 38.3 Å². The molecule has 1 aliphatic rings. The van der Waals surface area contributed by atoms with Crippen LogP contribution in [0, 0.1) is 0 Å². The molecule has 0 bridgehead atoms. The van der Waals surface area contributed by atoms with E-state index in [1.165, 1.54) is 16.8 Å². The van der Waals surface area contributed by atoms with Crippen LogP contribution in [-0.2, 0) is 66.3 Å². The topological polar surface area (TPSA) is 140 Å². The number of hydrogen-bond donors (Lipinski definition) is 1. The van der Waals surface area contributed by atoms with Crippen molar-refractivity contribution in [2.45, 2.75) is 63.7 Å². The van der Waals surface area contributed by atoms with Crippen LogP contribution in [0.4, 0.5) is 0 Å². The largest absolute Gasteiger partial charge is 0.475 e. The molecule has 5 atom stereocenters. The molecule has 0 spiro atoms. The Hall–Kier alpha value is -5.86. The molecule has 1 aromatic heterocycles. The summed E-state index contributed by atoms with van der Waals surface area (Å²) in [5, 5.41) is 17.6. The molecule has 1 saturated heterocycles. The Morgan fingerprint density at radius 2 is 1.07 bits per heavy atom. The number of carbonyl (C=O) groups is 2. The summed E-state index contributed by atoms with van der Waals surface area (Å²) in [6, 6.07) is 45.7. The quantitative estimate of drug-likeness (QED) is 0.0691. The lowest BCUT2D eigenvalue weighted by Crippen LogP contribution is -2.61. The van der Waals surface area contributed by atoms with Gasteiger partial charge in [0.25, 0.3) is 5.78 Å². The van der Waals surface area contributed by atoms with Gasteiger partial charge in [-0.2, -0.15) is 0 Å². The first kappa shape index (κ1) is 39.4. The monoisotopic (exact) mass is 769 g/mol. The normalized spacial score (nSPS) is 19.3.